The van der Waals surface area contributed by atoms with Crippen molar-refractivity contribution in [1.82, 2.24) is 20.2 Å². The summed E-state index contributed by atoms with van der Waals surface area (Å²) in [6, 6.07) is 23.7. The van der Waals surface area contributed by atoms with Gasteiger partial charge in [-0.05, 0) is 71.8 Å². The van der Waals surface area contributed by atoms with Crippen molar-refractivity contribution in [2.45, 2.75) is 57.9 Å². The number of nitrogens with one attached hydrogen (secondary N) is 1. The van der Waals surface area contributed by atoms with E-state index in [1.165, 1.54) is 35.2 Å². The molecular weight excluding hydrogens is 500 g/mol. The van der Waals surface area contributed by atoms with Gasteiger partial charge in [0.05, 0.1) is 24.5 Å². The molecule has 0 fully saturated rings. The molecule has 0 spiro atoms. The minimum absolute atomic E-state index is 0.224. The smallest absolute Gasteiger partial charge is 0.231 e. The zero-order chi connectivity index (χ0) is 27.1. The van der Waals surface area contributed by atoms with Gasteiger partial charge >= 0.3 is 0 Å². The first-order valence-corrected chi connectivity index (χ1v) is 14.1. The maximum Gasteiger partial charge on any atom is 0.231 e. The maximum atomic E-state index is 5.73. The Morgan fingerprint density at radius 1 is 0.875 bits per heavy atom. The van der Waals surface area contributed by atoms with E-state index >= 15 is 0 Å². The summed E-state index contributed by atoms with van der Waals surface area (Å²) < 4.78 is 17.0. The maximum absolute atomic E-state index is 5.73. The molecule has 0 amide bonds. The molecule has 1 unspecified atom stereocenters. The highest BCUT2D eigenvalue weighted by molar-refractivity contribution is 5.55. The summed E-state index contributed by atoms with van der Waals surface area (Å²) in [5, 5.41) is 3.50. The molecule has 0 bridgehead atoms. The normalized spacial score (nSPS) is 16.0. The van der Waals surface area contributed by atoms with E-state index in [2.05, 4.69) is 63.7 Å². The minimum atomic E-state index is 0.224. The molecule has 6 rings (SSSR count). The van der Waals surface area contributed by atoms with Crippen LogP contribution in [0, 0.1) is 0 Å². The van der Waals surface area contributed by atoms with E-state index in [4.69, 9.17) is 19.2 Å². The molecule has 7 nitrogen and oxygen atoms in total. The Bertz CT molecular complexity index is 1410. The molecule has 0 saturated heterocycles. The number of aromatic nitrogens is 2. The van der Waals surface area contributed by atoms with E-state index < -0.39 is 0 Å². The van der Waals surface area contributed by atoms with E-state index in [0.717, 1.165) is 56.0 Å². The molecule has 40 heavy (non-hydrogen) atoms. The van der Waals surface area contributed by atoms with Gasteiger partial charge < -0.3 is 19.5 Å². The molecule has 0 radical (unpaired) electrons. The third-order valence-corrected chi connectivity index (χ3v) is 7.73. The number of hydrogen-bond acceptors (Lipinski definition) is 7. The second-order valence-corrected chi connectivity index (χ2v) is 10.5. The lowest BCUT2D eigenvalue weighted by molar-refractivity contribution is 0.164. The molecule has 2 aromatic carbocycles. The van der Waals surface area contributed by atoms with Crippen LogP contribution >= 0.6 is 0 Å². The first kappa shape index (κ1) is 26.3. The number of benzene rings is 2. The van der Waals surface area contributed by atoms with E-state index in [0.29, 0.717) is 11.5 Å². The van der Waals surface area contributed by atoms with Gasteiger partial charge in [-0.2, -0.15) is 0 Å². The van der Waals surface area contributed by atoms with Gasteiger partial charge in [0.15, 0.2) is 11.5 Å². The van der Waals surface area contributed by atoms with Gasteiger partial charge in [-0.1, -0.05) is 42.8 Å². The van der Waals surface area contributed by atoms with Gasteiger partial charge in [0, 0.05) is 38.6 Å². The molecule has 7 heteroatoms. The van der Waals surface area contributed by atoms with Gasteiger partial charge in [0.1, 0.15) is 0 Å². The number of rotatable bonds is 10. The number of methoxy groups -OCH3 is 1. The molecule has 1 aliphatic heterocycles. The molecule has 2 aromatic heterocycles. The highest BCUT2D eigenvalue weighted by atomic mass is 16.7. The lowest BCUT2D eigenvalue weighted by Gasteiger charge is -2.32. The van der Waals surface area contributed by atoms with E-state index in [9.17, 15) is 0 Å². The molecule has 1 aliphatic carbocycles. The zero-order valence-electron chi connectivity index (χ0n) is 23.0. The fourth-order valence-electron chi connectivity index (χ4n) is 5.73. The predicted octanol–water partition coefficient (Wildman–Crippen LogP) is 5.97. The second kappa shape index (κ2) is 12.5. The van der Waals surface area contributed by atoms with Crippen LogP contribution in [-0.4, -0.2) is 28.8 Å². The van der Waals surface area contributed by atoms with Gasteiger partial charge in [0.25, 0.3) is 0 Å². The van der Waals surface area contributed by atoms with Crippen LogP contribution in [-0.2, 0) is 32.6 Å². The predicted molar refractivity (Wildman–Crippen MR) is 154 cm³/mol. The Kier molecular flexibility index (Phi) is 8.21. The molecule has 0 saturated carbocycles. The summed E-state index contributed by atoms with van der Waals surface area (Å²) >= 11 is 0. The lowest BCUT2D eigenvalue weighted by atomic mass is 10.0. The van der Waals surface area contributed by atoms with E-state index in [1.807, 2.05) is 30.6 Å². The van der Waals surface area contributed by atoms with Crippen molar-refractivity contribution in [2.75, 3.05) is 13.9 Å². The molecule has 1 atom stereocenters. The number of nitrogens with zero attached hydrogens (tertiary/aromatic N) is 3. The summed E-state index contributed by atoms with van der Waals surface area (Å²) in [6.07, 6.45) is 8.32. The number of ether oxygens (including phenoxy) is 3. The van der Waals surface area contributed by atoms with E-state index in [-0.39, 0.29) is 12.8 Å². The quantitative estimate of drug-likeness (QED) is 0.250. The average Bonchev–Trinajstić information content (AvgIpc) is 3.37. The highest BCUT2D eigenvalue weighted by Crippen LogP contribution is 2.43. The Balaban J connectivity index is 1.23. The fourth-order valence-corrected chi connectivity index (χ4v) is 5.73. The van der Waals surface area contributed by atoms with E-state index in [1.54, 1.807) is 7.11 Å². The summed E-state index contributed by atoms with van der Waals surface area (Å²) in [4.78, 5) is 11.9. The SMILES string of the molecule is COc1cc(CN(Cc2ccc(CNCc3ccccn3)cc2)C2CCCCc3cccnc32)cc2c1OCO2. The van der Waals surface area contributed by atoms with Crippen molar-refractivity contribution < 1.29 is 14.2 Å². The monoisotopic (exact) mass is 536 g/mol. The third kappa shape index (κ3) is 6.11. The van der Waals surface area contributed by atoms with Crippen molar-refractivity contribution in [3.8, 4) is 17.2 Å². The largest absolute Gasteiger partial charge is 0.493 e. The summed E-state index contributed by atoms with van der Waals surface area (Å²) in [7, 11) is 1.68. The van der Waals surface area contributed by atoms with Crippen molar-refractivity contribution in [2.24, 2.45) is 0 Å². The highest BCUT2D eigenvalue weighted by Gasteiger charge is 2.28. The van der Waals surface area contributed by atoms with Crippen LogP contribution in [0.25, 0.3) is 0 Å². The van der Waals surface area contributed by atoms with Gasteiger partial charge in [0.2, 0.25) is 12.5 Å². The molecule has 206 valence electrons. The van der Waals surface area contributed by atoms with Gasteiger partial charge in [-0.25, -0.2) is 0 Å². The standard InChI is InChI=1S/C33H36N4O3/c1-38-30-17-26(18-31-33(30)40-23-39-31)22-37(29-10-3-2-7-27-8-6-16-36-32(27)29)21-25-13-11-24(12-14-25)19-34-20-28-9-4-5-15-35-28/h4-6,8-9,11-18,29,34H,2-3,7,10,19-23H2,1H3. The van der Waals surface area contributed by atoms with Crippen LogP contribution in [0.4, 0.5) is 0 Å². The molecule has 4 aromatic rings. The Hall–Kier alpha value is -3.94. The lowest BCUT2D eigenvalue weighted by Crippen LogP contribution is -2.29. The van der Waals surface area contributed by atoms with Crippen LogP contribution < -0.4 is 19.5 Å². The number of aryl methyl sites for hydroxylation is 1. The van der Waals surface area contributed by atoms with Crippen LogP contribution in [0.2, 0.25) is 0 Å². The Morgan fingerprint density at radius 2 is 1.73 bits per heavy atom. The first-order valence-electron chi connectivity index (χ1n) is 14.1. The number of fused-ring (bicyclic) bond motifs is 2. The van der Waals surface area contributed by atoms with Gasteiger partial charge in [-0.15, -0.1) is 0 Å². The zero-order valence-corrected chi connectivity index (χ0v) is 23.0. The second-order valence-electron chi connectivity index (χ2n) is 10.5. The third-order valence-electron chi connectivity index (χ3n) is 7.73. The summed E-state index contributed by atoms with van der Waals surface area (Å²) in [6.45, 7) is 3.35. The number of hydrogen-bond donors (Lipinski definition) is 1. The molecule has 1 N–H and O–H groups in total. The van der Waals surface area contributed by atoms with Crippen LogP contribution in [0.3, 0.4) is 0 Å². The summed E-state index contributed by atoms with van der Waals surface area (Å²) in [5.74, 6) is 2.15. The first-order chi connectivity index (χ1) is 19.8. The van der Waals surface area contributed by atoms with Crippen molar-refractivity contribution in [3.63, 3.8) is 0 Å². The minimum Gasteiger partial charge on any atom is -0.493 e. The van der Waals surface area contributed by atoms with Crippen molar-refractivity contribution in [3.05, 3.63) is 113 Å². The van der Waals surface area contributed by atoms with Crippen LogP contribution in [0.5, 0.6) is 17.2 Å². The number of pyridine rings is 2. The van der Waals surface area contributed by atoms with Crippen molar-refractivity contribution in [1.29, 1.82) is 0 Å². The van der Waals surface area contributed by atoms with Crippen LogP contribution in [0.15, 0.2) is 79.1 Å². The average molecular weight is 537 g/mol. The Morgan fingerprint density at radius 3 is 2.58 bits per heavy atom. The Labute approximate surface area is 236 Å². The van der Waals surface area contributed by atoms with Crippen LogP contribution in [0.1, 0.15) is 58.9 Å². The molecular formula is C33H36N4O3. The molecule has 2 aliphatic rings. The summed E-state index contributed by atoms with van der Waals surface area (Å²) in [5.41, 5.74) is 7.30. The van der Waals surface area contributed by atoms with Gasteiger partial charge in [-0.3, -0.25) is 14.9 Å². The van der Waals surface area contributed by atoms with Crippen molar-refractivity contribution >= 4 is 0 Å². The fraction of sp³-hybridized carbons (Fsp3) is 0.333. The molecule has 3 heterocycles. The topological polar surface area (TPSA) is 68.7 Å².